The maximum Gasteiger partial charge on any atom is 0.403 e. The van der Waals surface area contributed by atoms with E-state index in [1.54, 1.807) is 11.9 Å². The number of rotatable bonds is 8. The molecule has 1 aromatic carbocycles. The first-order valence-corrected chi connectivity index (χ1v) is 17.1. The number of amides is 2. The molecule has 0 spiro atoms. The molecule has 284 valence electrons. The summed E-state index contributed by atoms with van der Waals surface area (Å²) in [6.07, 6.45) is -14.5. The van der Waals surface area contributed by atoms with Crippen molar-refractivity contribution in [2.45, 2.75) is 82.5 Å². The third-order valence-corrected chi connectivity index (χ3v) is 10.6. The Labute approximate surface area is 296 Å². The highest BCUT2D eigenvalue weighted by atomic mass is 35.5. The van der Waals surface area contributed by atoms with Crippen molar-refractivity contribution in [3.63, 3.8) is 0 Å². The molecule has 2 aliphatic carbocycles. The number of aromatic nitrogens is 3. The van der Waals surface area contributed by atoms with E-state index in [-0.39, 0.29) is 110 Å². The lowest BCUT2D eigenvalue weighted by Crippen LogP contribution is -2.42. The predicted octanol–water partition coefficient (Wildman–Crippen LogP) is 7.95. The lowest BCUT2D eigenvalue weighted by molar-refractivity contribution is -0.192. The number of piperidine rings is 1. The van der Waals surface area contributed by atoms with Crippen LogP contribution in [0.5, 0.6) is 0 Å². The van der Waals surface area contributed by atoms with Crippen molar-refractivity contribution >= 4 is 52.0 Å². The van der Waals surface area contributed by atoms with Crippen LogP contribution in [0, 0.1) is 17.3 Å². The molecule has 0 unspecified atom stereocenters. The predicted molar refractivity (Wildman–Crippen MR) is 173 cm³/mol. The Kier molecular flexibility index (Phi) is 10.0. The van der Waals surface area contributed by atoms with Gasteiger partial charge in [-0.3, -0.25) is 14.2 Å². The summed E-state index contributed by atoms with van der Waals surface area (Å²) in [4.78, 5) is 36.8. The summed E-state index contributed by atoms with van der Waals surface area (Å²) in [5.74, 6) is -4.46. The fourth-order valence-corrected chi connectivity index (χ4v) is 7.05. The zero-order chi connectivity index (χ0) is 37.8. The Bertz CT molecular complexity index is 1820. The second-order valence-corrected chi connectivity index (χ2v) is 14.2. The Morgan fingerprint density at radius 3 is 2.08 bits per heavy atom. The summed E-state index contributed by atoms with van der Waals surface area (Å²) in [5, 5.41) is 8.37. The fraction of sp³-hybridized carbons (Fsp3) is 0.576. The molecule has 9 nitrogen and oxygen atoms in total. The number of carbonyl (C=O) groups is 2. The average Bonchev–Trinajstić information content (AvgIpc) is 3.85. The number of carbonyl (C=O) groups excluding carboxylic acids is 2. The van der Waals surface area contributed by atoms with Crippen LogP contribution in [0.1, 0.15) is 67.3 Å². The lowest BCUT2D eigenvalue weighted by atomic mass is 9.85. The van der Waals surface area contributed by atoms with Gasteiger partial charge in [-0.15, -0.1) is 0 Å². The molecule has 2 aromatic heterocycles. The standard InChI is InChI=1S/C33H35ClF9N7O2/c1-49-26-24(47-29(49)46-23-14-17(2-7-22(23)34)16-44-28(52)30(10-11-30)33(41,42)43)15-21(25(48-26)50-12-8-19(9-13-50)32(38,39)40)27(51)45-20-5-3-18(4-6-20)31(35,36)37/h2,7,14-15,18-20H,3-6,8-13,16H2,1H3,(H,44,52)(H,45,51)(H,46,47)/t18-,20-. The minimum absolute atomic E-state index is 0.00335. The highest BCUT2D eigenvalue weighted by molar-refractivity contribution is 6.33. The molecule has 2 amide bonds. The van der Waals surface area contributed by atoms with Gasteiger partial charge in [0.2, 0.25) is 11.9 Å². The van der Waals surface area contributed by atoms with Crippen LogP contribution in [0.4, 0.5) is 57.0 Å². The first-order valence-electron chi connectivity index (χ1n) is 16.7. The lowest BCUT2D eigenvalue weighted by Gasteiger charge is -2.35. The van der Waals surface area contributed by atoms with Crippen molar-refractivity contribution < 1.29 is 49.1 Å². The number of imidazole rings is 1. The SMILES string of the molecule is Cn1c(Nc2cc(CNC(=O)C3(C(F)(F)F)CC3)ccc2Cl)nc2cc(C(=O)N[C@H]3CC[C@H](C(F)(F)F)CC3)c(N3CCC(C(F)(F)F)CC3)nc21. The summed E-state index contributed by atoms with van der Waals surface area (Å²) in [6, 6.07) is 5.42. The molecule has 0 atom stereocenters. The smallest absolute Gasteiger partial charge is 0.356 e. The summed E-state index contributed by atoms with van der Waals surface area (Å²) in [7, 11) is 1.59. The molecular weight excluding hydrogens is 733 g/mol. The van der Waals surface area contributed by atoms with Crippen LogP contribution >= 0.6 is 11.6 Å². The van der Waals surface area contributed by atoms with Gasteiger partial charge in [-0.25, -0.2) is 9.97 Å². The number of aryl methyl sites for hydroxylation is 1. The number of benzene rings is 1. The van der Waals surface area contributed by atoms with Crippen molar-refractivity contribution in [1.29, 1.82) is 0 Å². The van der Waals surface area contributed by atoms with Gasteiger partial charge in [0.05, 0.1) is 28.1 Å². The number of nitrogens with zero attached hydrogens (tertiary/aromatic N) is 4. The van der Waals surface area contributed by atoms with Gasteiger partial charge in [-0.2, -0.15) is 39.5 Å². The number of alkyl halides is 9. The highest BCUT2D eigenvalue weighted by Crippen LogP contribution is 2.57. The molecule has 6 rings (SSSR count). The summed E-state index contributed by atoms with van der Waals surface area (Å²) >= 11 is 6.41. The number of nitrogens with one attached hydrogen (secondary N) is 3. The van der Waals surface area contributed by atoms with Gasteiger partial charge < -0.3 is 20.9 Å². The molecule has 1 aliphatic heterocycles. The van der Waals surface area contributed by atoms with E-state index in [4.69, 9.17) is 11.6 Å². The number of pyridine rings is 1. The van der Waals surface area contributed by atoms with Crippen LogP contribution in [-0.4, -0.2) is 64.0 Å². The Morgan fingerprint density at radius 1 is 0.885 bits per heavy atom. The second-order valence-electron chi connectivity index (χ2n) is 13.8. The van der Waals surface area contributed by atoms with E-state index in [9.17, 15) is 49.1 Å². The van der Waals surface area contributed by atoms with Crippen LogP contribution in [0.3, 0.4) is 0 Å². The zero-order valence-electron chi connectivity index (χ0n) is 27.7. The van der Waals surface area contributed by atoms with E-state index in [1.165, 1.54) is 28.8 Å². The Hall–Kier alpha value is -3.96. The van der Waals surface area contributed by atoms with E-state index < -0.39 is 53.6 Å². The molecule has 3 N–H and O–H groups in total. The van der Waals surface area contributed by atoms with Crippen LogP contribution in [0.2, 0.25) is 5.02 Å². The van der Waals surface area contributed by atoms with Crippen LogP contribution in [0.25, 0.3) is 11.2 Å². The van der Waals surface area contributed by atoms with Crippen molar-refractivity contribution in [2.75, 3.05) is 23.3 Å². The van der Waals surface area contributed by atoms with Crippen LogP contribution in [-0.2, 0) is 18.4 Å². The van der Waals surface area contributed by atoms with Crippen molar-refractivity contribution in [3.8, 4) is 0 Å². The largest absolute Gasteiger partial charge is 0.403 e. The number of anilines is 3. The highest BCUT2D eigenvalue weighted by Gasteiger charge is 2.68. The van der Waals surface area contributed by atoms with Gasteiger partial charge in [0.25, 0.3) is 5.91 Å². The van der Waals surface area contributed by atoms with E-state index in [2.05, 4.69) is 25.9 Å². The average molecular weight is 768 g/mol. The number of halogens is 10. The normalized spacial score (nSPS) is 21.2. The molecule has 0 bridgehead atoms. The monoisotopic (exact) mass is 767 g/mol. The number of hydrogen-bond donors (Lipinski definition) is 3. The quantitative estimate of drug-likeness (QED) is 0.201. The van der Waals surface area contributed by atoms with Crippen molar-refractivity contribution in [1.82, 2.24) is 25.2 Å². The zero-order valence-corrected chi connectivity index (χ0v) is 28.5. The molecule has 52 heavy (non-hydrogen) atoms. The molecule has 0 radical (unpaired) electrons. The van der Waals surface area contributed by atoms with E-state index in [1.807, 2.05) is 0 Å². The van der Waals surface area contributed by atoms with Gasteiger partial charge in [0.15, 0.2) is 5.65 Å². The van der Waals surface area contributed by atoms with Crippen molar-refractivity contribution in [3.05, 3.63) is 40.4 Å². The summed E-state index contributed by atoms with van der Waals surface area (Å²) in [5.41, 5.74) is -1.20. The molecule has 1 saturated heterocycles. The third kappa shape index (κ3) is 7.71. The van der Waals surface area contributed by atoms with Crippen molar-refractivity contribution in [2.24, 2.45) is 24.3 Å². The minimum atomic E-state index is -4.66. The molecule has 19 heteroatoms. The van der Waals surface area contributed by atoms with Gasteiger partial charge in [0.1, 0.15) is 16.7 Å². The molecule has 3 fully saturated rings. The van der Waals surface area contributed by atoms with Gasteiger partial charge in [-0.05, 0) is 75.1 Å². The van der Waals surface area contributed by atoms with Crippen LogP contribution in [0.15, 0.2) is 24.3 Å². The molecular formula is C33H35ClF9N7O2. The first kappa shape index (κ1) is 37.8. The van der Waals surface area contributed by atoms with Gasteiger partial charge in [0, 0.05) is 32.7 Å². The molecule has 2 saturated carbocycles. The Balaban J connectivity index is 1.25. The van der Waals surface area contributed by atoms with E-state index in [0.717, 1.165) is 0 Å². The van der Waals surface area contributed by atoms with E-state index >= 15 is 0 Å². The number of hydrogen-bond acceptors (Lipinski definition) is 6. The molecule has 3 aliphatic rings. The molecule has 3 aromatic rings. The fourth-order valence-electron chi connectivity index (χ4n) is 6.88. The summed E-state index contributed by atoms with van der Waals surface area (Å²) < 4.78 is 122. The number of fused-ring (bicyclic) bond motifs is 1. The second kappa shape index (κ2) is 13.8. The van der Waals surface area contributed by atoms with Gasteiger partial charge >= 0.3 is 18.5 Å². The maximum absolute atomic E-state index is 13.7. The van der Waals surface area contributed by atoms with Gasteiger partial charge in [-0.1, -0.05) is 17.7 Å². The maximum atomic E-state index is 13.7. The van der Waals surface area contributed by atoms with E-state index in [0.29, 0.717) is 5.56 Å². The summed E-state index contributed by atoms with van der Waals surface area (Å²) in [6.45, 7) is -0.311. The molecule has 3 heterocycles. The third-order valence-electron chi connectivity index (χ3n) is 10.3. The topological polar surface area (TPSA) is 104 Å². The first-order chi connectivity index (χ1) is 24.3. The van der Waals surface area contributed by atoms with Crippen LogP contribution < -0.4 is 20.9 Å². The minimum Gasteiger partial charge on any atom is -0.356 e. The Morgan fingerprint density at radius 2 is 1.50 bits per heavy atom.